The predicted octanol–water partition coefficient (Wildman–Crippen LogP) is 4.30. The molecule has 2 aromatic carbocycles. The van der Waals surface area contributed by atoms with Crippen LogP contribution in [0.1, 0.15) is 32.8 Å². The first kappa shape index (κ1) is 14.8. The van der Waals surface area contributed by atoms with E-state index in [-0.39, 0.29) is 6.42 Å². The van der Waals surface area contributed by atoms with Crippen molar-refractivity contribution in [1.29, 1.82) is 0 Å². The van der Waals surface area contributed by atoms with Gasteiger partial charge in [-0.2, -0.15) is 0 Å². The van der Waals surface area contributed by atoms with Crippen LogP contribution >= 0.6 is 0 Å². The lowest BCUT2D eigenvalue weighted by Gasteiger charge is -2.20. The standard InChI is InChI=1S/C18H20FNO2/c1-17(2,3)22-16(21)20-15-11-18(15,19)14-9-8-12-6-4-5-7-13(12)10-14/h4-10,15H,11H2,1-3H3,(H,20,21)/t15-,18-/m0/s1. The number of amides is 1. The van der Waals surface area contributed by atoms with Crippen LogP contribution in [0.3, 0.4) is 0 Å². The number of fused-ring (bicyclic) bond motifs is 1. The molecule has 1 aliphatic rings. The Morgan fingerprint density at radius 3 is 2.59 bits per heavy atom. The third-order valence-corrected chi connectivity index (χ3v) is 3.81. The number of benzene rings is 2. The molecule has 0 heterocycles. The third kappa shape index (κ3) is 2.91. The molecule has 1 saturated carbocycles. The molecule has 116 valence electrons. The molecule has 3 rings (SSSR count). The van der Waals surface area contributed by atoms with E-state index < -0.39 is 23.4 Å². The summed E-state index contributed by atoms with van der Waals surface area (Å²) in [5.41, 5.74) is -1.48. The molecule has 0 spiro atoms. The van der Waals surface area contributed by atoms with Gasteiger partial charge in [-0.3, -0.25) is 0 Å². The number of nitrogens with one attached hydrogen (secondary N) is 1. The Hall–Kier alpha value is -2.10. The molecule has 1 aliphatic carbocycles. The average molecular weight is 301 g/mol. The van der Waals surface area contributed by atoms with Crippen LogP contribution in [0.2, 0.25) is 0 Å². The van der Waals surface area contributed by atoms with Gasteiger partial charge in [-0.1, -0.05) is 36.4 Å². The van der Waals surface area contributed by atoms with Gasteiger partial charge in [0.1, 0.15) is 5.60 Å². The van der Waals surface area contributed by atoms with Gasteiger partial charge >= 0.3 is 6.09 Å². The molecule has 1 fully saturated rings. The molecule has 0 unspecified atom stereocenters. The van der Waals surface area contributed by atoms with E-state index in [0.29, 0.717) is 5.56 Å². The quantitative estimate of drug-likeness (QED) is 0.898. The fraction of sp³-hybridized carbons (Fsp3) is 0.389. The van der Waals surface area contributed by atoms with Crippen molar-refractivity contribution in [3.63, 3.8) is 0 Å². The molecule has 0 aliphatic heterocycles. The minimum atomic E-state index is -1.50. The van der Waals surface area contributed by atoms with Crippen molar-refractivity contribution >= 4 is 16.9 Å². The van der Waals surface area contributed by atoms with Crippen LogP contribution in [0, 0.1) is 0 Å². The van der Waals surface area contributed by atoms with Crippen LogP contribution in [0.4, 0.5) is 9.18 Å². The van der Waals surface area contributed by atoms with Crippen molar-refractivity contribution in [2.45, 2.75) is 44.5 Å². The van der Waals surface area contributed by atoms with Gasteiger partial charge in [-0.25, -0.2) is 9.18 Å². The van der Waals surface area contributed by atoms with E-state index in [1.807, 2.05) is 36.4 Å². The molecular formula is C18H20FNO2. The third-order valence-electron chi connectivity index (χ3n) is 3.81. The van der Waals surface area contributed by atoms with Gasteiger partial charge in [-0.15, -0.1) is 0 Å². The maximum Gasteiger partial charge on any atom is 0.407 e. The molecule has 2 aromatic rings. The molecule has 22 heavy (non-hydrogen) atoms. The Balaban J connectivity index is 1.73. The van der Waals surface area contributed by atoms with E-state index in [1.165, 1.54) is 0 Å². The Bertz CT molecular complexity index is 722. The highest BCUT2D eigenvalue weighted by Gasteiger charge is 2.58. The summed E-state index contributed by atoms with van der Waals surface area (Å²) in [5.74, 6) is 0. The summed E-state index contributed by atoms with van der Waals surface area (Å²) in [6.07, 6.45) is -0.289. The van der Waals surface area contributed by atoms with Crippen LogP contribution < -0.4 is 5.32 Å². The van der Waals surface area contributed by atoms with Gasteiger partial charge in [0.2, 0.25) is 0 Å². The number of alkyl carbamates (subject to hydrolysis) is 1. The van der Waals surface area contributed by atoms with Crippen LogP contribution in [-0.4, -0.2) is 17.7 Å². The first-order valence-corrected chi connectivity index (χ1v) is 7.46. The summed E-state index contributed by atoms with van der Waals surface area (Å²) < 4.78 is 20.1. The highest BCUT2D eigenvalue weighted by atomic mass is 19.1. The largest absolute Gasteiger partial charge is 0.444 e. The molecule has 0 radical (unpaired) electrons. The van der Waals surface area contributed by atoms with E-state index in [0.717, 1.165) is 10.8 Å². The number of carbonyl (C=O) groups excluding carboxylic acids is 1. The van der Waals surface area contributed by atoms with Gasteiger partial charge in [0.25, 0.3) is 0 Å². The normalized spacial score (nSPS) is 24.1. The van der Waals surface area contributed by atoms with E-state index >= 15 is 0 Å². The van der Waals surface area contributed by atoms with E-state index in [2.05, 4.69) is 5.32 Å². The average Bonchev–Trinajstić information content (AvgIpc) is 3.07. The SMILES string of the molecule is CC(C)(C)OC(=O)N[C@H]1C[C@]1(F)c1ccc2ccccc2c1. The Morgan fingerprint density at radius 2 is 1.91 bits per heavy atom. The number of hydrogen-bond acceptors (Lipinski definition) is 2. The lowest BCUT2D eigenvalue weighted by molar-refractivity contribution is 0.0511. The maximum atomic E-state index is 14.9. The molecule has 0 saturated heterocycles. The van der Waals surface area contributed by atoms with E-state index in [4.69, 9.17) is 4.74 Å². The zero-order chi connectivity index (χ0) is 16.0. The molecule has 0 bridgehead atoms. The highest BCUT2D eigenvalue weighted by molar-refractivity contribution is 5.83. The summed E-state index contributed by atoms with van der Waals surface area (Å²) >= 11 is 0. The number of rotatable bonds is 2. The first-order chi connectivity index (χ1) is 10.3. The second-order valence-electron chi connectivity index (χ2n) is 6.83. The molecule has 1 amide bonds. The van der Waals surface area contributed by atoms with Crippen molar-refractivity contribution in [2.24, 2.45) is 0 Å². The summed E-state index contributed by atoms with van der Waals surface area (Å²) in [4.78, 5) is 11.7. The summed E-state index contributed by atoms with van der Waals surface area (Å²) in [5, 5.41) is 4.69. The lowest BCUT2D eigenvalue weighted by Crippen LogP contribution is -2.35. The zero-order valence-electron chi connectivity index (χ0n) is 13.0. The van der Waals surface area contributed by atoms with Crippen molar-refractivity contribution in [1.82, 2.24) is 5.32 Å². The topological polar surface area (TPSA) is 38.3 Å². The molecule has 4 heteroatoms. The summed E-state index contributed by atoms with van der Waals surface area (Å²) in [7, 11) is 0. The molecule has 1 N–H and O–H groups in total. The molecule has 2 atom stereocenters. The van der Waals surface area contributed by atoms with Crippen molar-refractivity contribution in [2.75, 3.05) is 0 Å². The Kier molecular flexibility index (Phi) is 3.35. The molecular weight excluding hydrogens is 281 g/mol. The monoisotopic (exact) mass is 301 g/mol. The second kappa shape index (κ2) is 4.97. The minimum absolute atomic E-state index is 0.282. The Morgan fingerprint density at radius 1 is 1.23 bits per heavy atom. The number of hydrogen-bond donors (Lipinski definition) is 1. The zero-order valence-corrected chi connectivity index (χ0v) is 13.0. The fourth-order valence-corrected chi connectivity index (χ4v) is 2.62. The van der Waals surface area contributed by atoms with Crippen molar-refractivity contribution < 1.29 is 13.9 Å². The fourth-order valence-electron chi connectivity index (χ4n) is 2.62. The van der Waals surface area contributed by atoms with Gasteiger partial charge < -0.3 is 10.1 Å². The van der Waals surface area contributed by atoms with E-state index in [9.17, 15) is 9.18 Å². The van der Waals surface area contributed by atoms with Crippen molar-refractivity contribution in [3.8, 4) is 0 Å². The Labute approximate surface area is 129 Å². The number of alkyl halides is 1. The van der Waals surface area contributed by atoms with Crippen LogP contribution in [0.5, 0.6) is 0 Å². The smallest absolute Gasteiger partial charge is 0.407 e. The maximum absolute atomic E-state index is 14.9. The van der Waals surface area contributed by atoms with Crippen molar-refractivity contribution in [3.05, 3.63) is 48.0 Å². The van der Waals surface area contributed by atoms with Gasteiger partial charge in [0.05, 0.1) is 6.04 Å². The van der Waals surface area contributed by atoms with Gasteiger partial charge in [0.15, 0.2) is 5.67 Å². The van der Waals surface area contributed by atoms with Gasteiger partial charge in [0, 0.05) is 6.42 Å². The number of carbonyl (C=O) groups is 1. The molecule has 0 aromatic heterocycles. The van der Waals surface area contributed by atoms with Crippen LogP contribution in [-0.2, 0) is 10.4 Å². The molecule has 3 nitrogen and oxygen atoms in total. The minimum Gasteiger partial charge on any atom is -0.444 e. The van der Waals surface area contributed by atoms with E-state index in [1.54, 1.807) is 26.8 Å². The van der Waals surface area contributed by atoms with Gasteiger partial charge in [-0.05, 0) is 43.2 Å². The first-order valence-electron chi connectivity index (χ1n) is 7.46. The van der Waals surface area contributed by atoms with Crippen LogP contribution in [0.25, 0.3) is 10.8 Å². The second-order valence-corrected chi connectivity index (χ2v) is 6.83. The summed E-state index contributed by atoms with van der Waals surface area (Å²) in [6.45, 7) is 5.35. The summed E-state index contributed by atoms with van der Waals surface area (Å²) in [6, 6.07) is 12.9. The number of halogens is 1. The highest BCUT2D eigenvalue weighted by Crippen LogP contribution is 2.50. The predicted molar refractivity (Wildman–Crippen MR) is 84.5 cm³/mol. The lowest BCUT2D eigenvalue weighted by atomic mass is 10.0. The number of ether oxygens (including phenoxy) is 1. The van der Waals surface area contributed by atoms with Crippen LogP contribution in [0.15, 0.2) is 42.5 Å².